The molecule has 0 aromatic carbocycles. The summed E-state index contributed by atoms with van der Waals surface area (Å²) in [5.74, 6) is -0.841. The van der Waals surface area contributed by atoms with Crippen LogP contribution in [0.5, 0.6) is 0 Å². The average Bonchev–Trinajstić information content (AvgIpc) is 2.73. The van der Waals surface area contributed by atoms with Crippen molar-refractivity contribution < 1.29 is 23.9 Å². The number of esters is 1. The molecule has 0 N–H and O–H groups in total. The van der Waals surface area contributed by atoms with Crippen molar-refractivity contribution in [3.05, 3.63) is 23.3 Å². The minimum Gasteiger partial charge on any atom is -0.454 e. The molecule has 19 heavy (non-hydrogen) atoms. The lowest BCUT2D eigenvalue weighted by Crippen LogP contribution is -2.43. The Hall–Kier alpha value is -1.75. The third-order valence-electron chi connectivity index (χ3n) is 3.67. The number of hydrogen-bond acceptors (Lipinski definition) is 5. The van der Waals surface area contributed by atoms with Crippen LogP contribution in [0.25, 0.3) is 0 Å². The summed E-state index contributed by atoms with van der Waals surface area (Å²) in [4.78, 5) is 35.4. The second-order valence-corrected chi connectivity index (χ2v) is 4.96. The summed E-state index contributed by atoms with van der Waals surface area (Å²) >= 11 is 0. The van der Waals surface area contributed by atoms with E-state index in [9.17, 15) is 14.4 Å². The molecule has 1 fully saturated rings. The maximum atomic E-state index is 12.0. The lowest BCUT2D eigenvalue weighted by molar-refractivity contribution is -0.141. The van der Waals surface area contributed by atoms with Gasteiger partial charge in [0.05, 0.1) is 18.1 Å². The Balaban J connectivity index is 2.07. The molecule has 1 aliphatic carbocycles. The van der Waals surface area contributed by atoms with Gasteiger partial charge >= 0.3 is 5.97 Å². The normalized spacial score (nSPS) is 33.3. The smallest absolute Gasteiger partial charge is 0.309 e. The van der Waals surface area contributed by atoms with Gasteiger partial charge in [-0.2, -0.15) is 0 Å². The predicted octanol–water partition coefficient (Wildman–Crippen LogP) is 0.874. The molecular weight excluding hydrogens is 248 g/mol. The standard InChI is InChI=1S/C14H14O5/c1-2-3-9-12-7(15)4-5-8(16)13(12)14-10(18-9)6-11(17)19-14/h4-5,9-10,14H,2-3,6H2,1H3/t9-,10+,14-/m0/s1. The Morgan fingerprint density at radius 1 is 1.16 bits per heavy atom. The molecule has 0 bridgehead atoms. The fraction of sp³-hybridized carbons (Fsp3) is 0.500. The minimum atomic E-state index is -0.711. The summed E-state index contributed by atoms with van der Waals surface area (Å²) in [7, 11) is 0. The van der Waals surface area contributed by atoms with E-state index in [1.807, 2.05) is 6.92 Å². The number of carbonyl (C=O) groups excluding carboxylic acids is 3. The number of rotatable bonds is 2. The van der Waals surface area contributed by atoms with Crippen LogP contribution in [0.2, 0.25) is 0 Å². The van der Waals surface area contributed by atoms with Gasteiger partial charge in [-0.1, -0.05) is 13.3 Å². The van der Waals surface area contributed by atoms with Gasteiger partial charge in [-0.15, -0.1) is 0 Å². The highest BCUT2D eigenvalue weighted by molar-refractivity contribution is 6.21. The van der Waals surface area contributed by atoms with Crippen LogP contribution < -0.4 is 0 Å². The number of carbonyl (C=O) groups is 3. The van der Waals surface area contributed by atoms with Gasteiger partial charge in [0.15, 0.2) is 17.7 Å². The van der Waals surface area contributed by atoms with Gasteiger partial charge < -0.3 is 9.47 Å². The Kier molecular flexibility index (Phi) is 2.86. The van der Waals surface area contributed by atoms with Crippen molar-refractivity contribution in [1.29, 1.82) is 0 Å². The van der Waals surface area contributed by atoms with Crippen LogP contribution in [-0.2, 0) is 23.9 Å². The SMILES string of the molecule is CCC[C@@H]1O[C@@H]2CC(=O)O[C@@H]2C2=C1C(=O)C=CC2=O. The zero-order chi connectivity index (χ0) is 13.6. The summed E-state index contributed by atoms with van der Waals surface area (Å²) in [6, 6.07) is 0. The van der Waals surface area contributed by atoms with Crippen molar-refractivity contribution in [2.45, 2.75) is 44.5 Å². The largest absolute Gasteiger partial charge is 0.454 e. The maximum absolute atomic E-state index is 12.0. The molecule has 1 saturated heterocycles. The zero-order valence-corrected chi connectivity index (χ0v) is 10.5. The lowest BCUT2D eigenvalue weighted by Gasteiger charge is -2.34. The zero-order valence-electron chi connectivity index (χ0n) is 10.5. The molecule has 3 aliphatic rings. The van der Waals surface area contributed by atoms with E-state index in [4.69, 9.17) is 9.47 Å². The van der Waals surface area contributed by atoms with Crippen molar-refractivity contribution in [3.63, 3.8) is 0 Å². The van der Waals surface area contributed by atoms with Crippen molar-refractivity contribution in [2.24, 2.45) is 0 Å². The highest BCUT2D eigenvalue weighted by Crippen LogP contribution is 2.38. The van der Waals surface area contributed by atoms with Crippen LogP contribution >= 0.6 is 0 Å². The van der Waals surface area contributed by atoms with Crippen molar-refractivity contribution >= 4 is 17.5 Å². The average molecular weight is 262 g/mol. The fourth-order valence-corrected chi connectivity index (χ4v) is 2.88. The number of hydrogen-bond donors (Lipinski definition) is 0. The van der Waals surface area contributed by atoms with Crippen LogP contribution in [0, 0.1) is 0 Å². The summed E-state index contributed by atoms with van der Waals surface area (Å²) in [5.41, 5.74) is 0.707. The second-order valence-electron chi connectivity index (χ2n) is 4.96. The lowest BCUT2D eigenvalue weighted by atomic mass is 9.82. The Morgan fingerprint density at radius 3 is 2.53 bits per heavy atom. The van der Waals surface area contributed by atoms with Crippen LogP contribution in [-0.4, -0.2) is 35.8 Å². The van der Waals surface area contributed by atoms with Gasteiger partial charge in [-0.05, 0) is 18.6 Å². The molecule has 0 amide bonds. The van der Waals surface area contributed by atoms with E-state index in [1.165, 1.54) is 12.2 Å². The quantitative estimate of drug-likeness (QED) is 0.545. The molecule has 2 heterocycles. The number of fused-ring (bicyclic) bond motifs is 2. The van der Waals surface area contributed by atoms with Gasteiger partial charge in [0, 0.05) is 5.57 Å². The highest BCUT2D eigenvalue weighted by Gasteiger charge is 2.49. The molecule has 0 saturated carbocycles. The summed E-state index contributed by atoms with van der Waals surface area (Å²) < 4.78 is 10.9. The van der Waals surface area contributed by atoms with Crippen molar-refractivity contribution in [1.82, 2.24) is 0 Å². The fourth-order valence-electron chi connectivity index (χ4n) is 2.88. The second kappa shape index (κ2) is 4.42. The number of ether oxygens (including phenoxy) is 2. The van der Waals surface area contributed by atoms with E-state index in [0.717, 1.165) is 6.42 Å². The third kappa shape index (κ3) is 1.85. The molecule has 0 radical (unpaired) electrons. The van der Waals surface area contributed by atoms with Crippen LogP contribution in [0.1, 0.15) is 26.2 Å². The van der Waals surface area contributed by atoms with E-state index < -0.39 is 18.3 Å². The van der Waals surface area contributed by atoms with Crippen LogP contribution in [0.3, 0.4) is 0 Å². The summed E-state index contributed by atoms with van der Waals surface area (Å²) in [5, 5.41) is 0. The predicted molar refractivity (Wildman–Crippen MR) is 64.2 cm³/mol. The van der Waals surface area contributed by atoms with Gasteiger partial charge in [-0.3, -0.25) is 14.4 Å². The number of ketones is 2. The third-order valence-corrected chi connectivity index (χ3v) is 3.67. The molecule has 0 aromatic heterocycles. The Labute approximate surface area is 110 Å². The van der Waals surface area contributed by atoms with E-state index in [-0.39, 0.29) is 24.0 Å². The Morgan fingerprint density at radius 2 is 1.84 bits per heavy atom. The molecular formula is C14H14O5. The van der Waals surface area contributed by atoms with Gasteiger partial charge in [0.1, 0.15) is 6.10 Å². The van der Waals surface area contributed by atoms with Gasteiger partial charge in [-0.25, -0.2) is 0 Å². The monoisotopic (exact) mass is 262 g/mol. The van der Waals surface area contributed by atoms with Crippen LogP contribution in [0.4, 0.5) is 0 Å². The molecule has 3 atom stereocenters. The summed E-state index contributed by atoms with van der Waals surface area (Å²) in [6.45, 7) is 1.98. The van der Waals surface area contributed by atoms with Gasteiger partial charge in [0.25, 0.3) is 0 Å². The molecule has 100 valence electrons. The minimum absolute atomic E-state index is 0.146. The molecule has 5 heteroatoms. The topological polar surface area (TPSA) is 69.7 Å². The molecule has 5 nitrogen and oxygen atoms in total. The van der Waals surface area contributed by atoms with E-state index in [2.05, 4.69) is 0 Å². The highest BCUT2D eigenvalue weighted by atomic mass is 16.6. The number of allylic oxidation sites excluding steroid dienone is 2. The van der Waals surface area contributed by atoms with E-state index in [1.54, 1.807) is 0 Å². The van der Waals surface area contributed by atoms with Crippen molar-refractivity contribution in [2.75, 3.05) is 0 Å². The first-order valence-electron chi connectivity index (χ1n) is 6.47. The summed E-state index contributed by atoms with van der Waals surface area (Å²) in [6.07, 6.45) is 2.60. The molecule has 3 rings (SSSR count). The van der Waals surface area contributed by atoms with E-state index >= 15 is 0 Å². The van der Waals surface area contributed by atoms with E-state index in [0.29, 0.717) is 17.6 Å². The first-order valence-corrected chi connectivity index (χ1v) is 6.47. The van der Waals surface area contributed by atoms with Crippen molar-refractivity contribution in [3.8, 4) is 0 Å². The molecule has 0 unspecified atom stereocenters. The molecule has 0 aromatic rings. The van der Waals surface area contributed by atoms with Gasteiger partial charge in [0.2, 0.25) is 0 Å². The molecule has 0 spiro atoms. The Bertz CT molecular complexity index is 528. The maximum Gasteiger partial charge on any atom is 0.309 e. The molecule has 2 aliphatic heterocycles. The first kappa shape index (κ1) is 12.3. The first-order chi connectivity index (χ1) is 9.11. The van der Waals surface area contributed by atoms with Crippen LogP contribution in [0.15, 0.2) is 23.3 Å².